The van der Waals surface area contributed by atoms with Gasteiger partial charge in [0.15, 0.2) is 17.5 Å². The number of hydrogen-bond donors (Lipinski definition) is 1. The zero-order valence-electron chi connectivity index (χ0n) is 11.5. The van der Waals surface area contributed by atoms with E-state index in [0.717, 1.165) is 12.1 Å². The SMILES string of the molecule is O=C(CCl)NC1CCN(C(=O)c2ccc(F)c(F)c2F)CC1. The number of nitrogens with one attached hydrogen (secondary N) is 1. The van der Waals surface area contributed by atoms with Crippen molar-refractivity contribution in [2.24, 2.45) is 0 Å². The van der Waals surface area contributed by atoms with E-state index >= 15 is 0 Å². The van der Waals surface area contributed by atoms with Crippen LogP contribution in [0.25, 0.3) is 0 Å². The molecule has 4 nitrogen and oxygen atoms in total. The van der Waals surface area contributed by atoms with Crippen LogP contribution in [0.15, 0.2) is 12.1 Å². The predicted octanol–water partition coefficient (Wildman–Crippen LogP) is 2.06. The lowest BCUT2D eigenvalue weighted by molar-refractivity contribution is -0.119. The summed E-state index contributed by atoms with van der Waals surface area (Å²) in [5, 5.41) is 2.70. The van der Waals surface area contributed by atoms with Gasteiger partial charge in [-0.2, -0.15) is 0 Å². The maximum atomic E-state index is 13.6. The molecule has 0 saturated carbocycles. The molecule has 0 aromatic heterocycles. The lowest BCUT2D eigenvalue weighted by Crippen LogP contribution is -2.47. The Kier molecular flexibility index (Phi) is 5.28. The second kappa shape index (κ2) is 7.00. The van der Waals surface area contributed by atoms with Gasteiger partial charge in [-0.25, -0.2) is 13.2 Å². The van der Waals surface area contributed by atoms with Crippen LogP contribution in [-0.4, -0.2) is 41.7 Å². The smallest absolute Gasteiger partial charge is 0.256 e. The molecule has 0 spiro atoms. The van der Waals surface area contributed by atoms with E-state index in [0.29, 0.717) is 12.8 Å². The van der Waals surface area contributed by atoms with Gasteiger partial charge >= 0.3 is 0 Å². The number of alkyl halides is 1. The third kappa shape index (κ3) is 3.52. The predicted molar refractivity (Wildman–Crippen MR) is 74.1 cm³/mol. The molecule has 1 aliphatic heterocycles. The molecule has 0 radical (unpaired) electrons. The molecule has 0 aliphatic carbocycles. The summed E-state index contributed by atoms with van der Waals surface area (Å²) in [5.41, 5.74) is -0.498. The summed E-state index contributed by atoms with van der Waals surface area (Å²) >= 11 is 5.39. The van der Waals surface area contributed by atoms with Gasteiger partial charge in [-0.1, -0.05) is 0 Å². The molecular weight excluding hydrogens is 321 g/mol. The highest BCUT2D eigenvalue weighted by Crippen LogP contribution is 2.19. The number of nitrogens with zero attached hydrogens (tertiary/aromatic N) is 1. The van der Waals surface area contributed by atoms with Crippen LogP contribution in [0.3, 0.4) is 0 Å². The summed E-state index contributed by atoms with van der Waals surface area (Å²) in [6.45, 7) is 0.564. The number of carbonyl (C=O) groups is 2. The number of hydrogen-bond acceptors (Lipinski definition) is 2. The molecule has 8 heteroatoms. The molecule has 22 heavy (non-hydrogen) atoms. The van der Waals surface area contributed by atoms with E-state index in [4.69, 9.17) is 11.6 Å². The van der Waals surface area contributed by atoms with Gasteiger partial charge in [0.25, 0.3) is 5.91 Å². The molecule has 1 heterocycles. The Morgan fingerprint density at radius 2 is 1.82 bits per heavy atom. The summed E-state index contributed by atoms with van der Waals surface area (Å²) in [6, 6.07) is 1.54. The molecule has 1 N–H and O–H groups in total. The van der Waals surface area contributed by atoms with Crippen molar-refractivity contribution in [3.8, 4) is 0 Å². The zero-order chi connectivity index (χ0) is 16.3. The van der Waals surface area contributed by atoms with E-state index in [1.807, 2.05) is 0 Å². The normalized spacial score (nSPS) is 15.7. The van der Waals surface area contributed by atoms with Crippen LogP contribution in [0.2, 0.25) is 0 Å². The van der Waals surface area contributed by atoms with Crippen LogP contribution in [-0.2, 0) is 4.79 Å². The highest BCUT2D eigenvalue weighted by molar-refractivity contribution is 6.27. The fraction of sp³-hybridized carbons (Fsp3) is 0.429. The van der Waals surface area contributed by atoms with Crippen molar-refractivity contribution in [3.63, 3.8) is 0 Å². The quantitative estimate of drug-likeness (QED) is 0.679. The average Bonchev–Trinajstić information content (AvgIpc) is 2.53. The minimum Gasteiger partial charge on any atom is -0.352 e. The first-order valence-electron chi connectivity index (χ1n) is 6.72. The summed E-state index contributed by atoms with van der Waals surface area (Å²) in [6.07, 6.45) is 0.972. The summed E-state index contributed by atoms with van der Waals surface area (Å²) in [5.74, 6) is -5.61. The Bertz CT molecular complexity index is 590. The number of carbonyl (C=O) groups excluding carboxylic acids is 2. The Hall–Kier alpha value is -1.76. The largest absolute Gasteiger partial charge is 0.352 e. The van der Waals surface area contributed by atoms with Crippen molar-refractivity contribution in [2.75, 3.05) is 19.0 Å². The highest BCUT2D eigenvalue weighted by Gasteiger charge is 2.27. The van der Waals surface area contributed by atoms with E-state index in [2.05, 4.69) is 5.32 Å². The van der Waals surface area contributed by atoms with E-state index in [1.165, 1.54) is 4.90 Å². The maximum Gasteiger partial charge on any atom is 0.256 e. The van der Waals surface area contributed by atoms with Crippen LogP contribution in [0, 0.1) is 17.5 Å². The van der Waals surface area contributed by atoms with E-state index in [9.17, 15) is 22.8 Å². The highest BCUT2D eigenvalue weighted by atomic mass is 35.5. The second-order valence-electron chi connectivity index (χ2n) is 4.99. The topological polar surface area (TPSA) is 49.4 Å². The fourth-order valence-corrected chi connectivity index (χ4v) is 2.43. The molecule has 1 aromatic rings. The Morgan fingerprint density at radius 3 is 2.41 bits per heavy atom. The third-order valence-electron chi connectivity index (χ3n) is 3.53. The molecular formula is C14H14ClF3N2O2. The maximum absolute atomic E-state index is 13.6. The summed E-state index contributed by atoms with van der Waals surface area (Å²) in [4.78, 5) is 24.7. The van der Waals surface area contributed by atoms with Gasteiger partial charge < -0.3 is 10.2 Å². The molecule has 0 bridgehead atoms. The molecule has 2 rings (SSSR count). The Morgan fingerprint density at radius 1 is 1.18 bits per heavy atom. The molecule has 1 aromatic carbocycles. The lowest BCUT2D eigenvalue weighted by atomic mass is 10.0. The molecule has 1 aliphatic rings. The fourth-order valence-electron chi connectivity index (χ4n) is 2.35. The molecule has 120 valence electrons. The first-order valence-corrected chi connectivity index (χ1v) is 7.25. The monoisotopic (exact) mass is 334 g/mol. The van der Waals surface area contributed by atoms with E-state index in [-0.39, 0.29) is 30.9 Å². The molecule has 0 atom stereocenters. The van der Waals surface area contributed by atoms with E-state index < -0.39 is 28.9 Å². The van der Waals surface area contributed by atoms with Gasteiger partial charge in [-0.15, -0.1) is 11.6 Å². The number of halogens is 4. The minimum absolute atomic E-state index is 0.106. The van der Waals surface area contributed by atoms with Crippen LogP contribution < -0.4 is 5.32 Å². The Labute approximate surface area is 130 Å². The van der Waals surface area contributed by atoms with Crippen molar-refractivity contribution >= 4 is 23.4 Å². The molecule has 0 unspecified atom stereocenters. The second-order valence-corrected chi connectivity index (χ2v) is 5.26. The zero-order valence-corrected chi connectivity index (χ0v) is 12.3. The van der Waals surface area contributed by atoms with Gasteiger partial charge in [0.2, 0.25) is 5.91 Å². The minimum atomic E-state index is -1.66. The van der Waals surface area contributed by atoms with Crippen molar-refractivity contribution in [1.82, 2.24) is 10.2 Å². The van der Waals surface area contributed by atoms with Crippen LogP contribution in [0.4, 0.5) is 13.2 Å². The third-order valence-corrected chi connectivity index (χ3v) is 3.78. The van der Waals surface area contributed by atoms with Gasteiger partial charge in [-0.3, -0.25) is 9.59 Å². The van der Waals surface area contributed by atoms with Crippen molar-refractivity contribution in [3.05, 3.63) is 35.1 Å². The lowest BCUT2D eigenvalue weighted by Gasteiger charge is -2.32. The van der Waals surface area contributed by atoms with Crippen LogP contribution in [0.5, 0.6) is 0 Å². The van der Waals surface area contributed by atoms with Gasteiger partial charge in [0.1, 0.15) is 5.88 Å². The molecule has 1 fully saturated rings. The van der Waals surface area contributed by atoms with Crippen molar-refractivity contribution in [1.29, 1.82) is 0 Å². The molecule has 2 amide bonds. The van der Waals surface area contributed by atoms with Gasteiger partial charge in [-0.05, 0) is 25.0 Å². The molecule has 1 saturated heterocycles. The first-order chi connectivity index (χ1) is 10.4. The van der Waals surface area contributed by atoms with Gasteiger partial charge in [0, 0.05) is 19.1 Å². The van der Waals surface area contributed by atoms with Crippen molar-refractivity contribution < 1.29 is 22.8 Å². The number of benzene rings is 1. The number of rotatable bonds is 3. The standard InChI is InChI=1S/C14H14ClF3N2O2/c15-7-11(21)19-8-3-5-20(6-4-8)14(22)9-1-2-10(16)13(18)12(9)17/h1-2,8H,3-7H2,(H,19,21). The number of piperidine rings is 1. The number of amides is 2. The van der Waals surface area contributed by atoms with Crippen LogP contribution >= 0.6 is 11.6 Å². The first kappa shape index (κ1) is 16.6. The summed E-state index contributed by atoms with van der Waals surface area (Å²) in [7, 11) is 0. The summed E-state index contributed by atoms with van der Waals surface area (Å²) < 4.78 is 39.7. The van der Waals surface area contributed by atoms with Crippen LogP contribution in [0.1, 0.15) is 23.2 Å². The number of likely N-dealkylation sites (tertiary alicyclic amines) is 1. The van der Waals surface area contributed by atoms with E-state index in [1.54, 1.807) is 0 Å². The van der Waals surface area contributed by atoms with Crippen molar-refractivity contribution in [2.45, 2.75) is 18.9 Å². The Balaban J connectivity index is 2.01. The van der Waals surface area contributed by atoms with Gasteiger partial charge in [0.05, 0.1) is 5.56 Å². The average molecular weight is 335 g/mol.